The number of nitrogens with one attached hydrogen (secondary N) is 1. The molecular formula is C15H21N3S2. The first-order valence-corrected chi connectivity index (χ1v) is 8.59. The first-order chi connectivity index (χ1) is 9.63. The summed E-state index contributed by atoms with van der Waals surface area (Å²) < 4.78 is 5.39. The zero-order valence-corrected chi connectivity index (χ0v) is 14.1. The summed E-state index contributed by atoms with van der Waals surface area (Å²) in [5, 5.41) is 3.41. The molecular weight excluding hydrogens is 286 g/mol. The molecule has 1 heterocycles. The van der Waals surface area contributed by atoms with Crippen LogP contribution in [0.25, 0.3) is 0 Å². The van der Waals surface area contributed by atoms with Crippen LogP contribution < -0.4 is 5.32 Å². The number of rotatable bonds is 6. The van der Waals surface area contributed by atoms with Gasteiger partial charge >= 0.3 is 0 Å². The van der Waals surface area contributed by atoms with E-state index in [9.17, 15) is 0 Å². The predicted molar refractivity (Wildman–Crippen MR) is 87.7 cm³/mol. The van der Waals surface area contributed by atoms with Crippen molar-refractivity contribution in [2.75, 3.05) is 12.8 Å². The fourth-order valence-electron chi connectivity index (χ4n) is 2.06. The monoisotopic (exact) mass is 307 g/mol. The minimum atomic E-state index is 0.342. The lowest BCUT2D eigenvalue weighted by Gasteiger charge is -2.18. The van der Waals surface area contributed by atoms with Gasteiger partial charge in [-0.1, -0.05) is 42.4 Å². The van der Waals surface area contributed by atoms with Gasteiger partial charge in [-0.05, 0) is 43.6 Å². The molecule has 1 aromatic carbocycles. The number of benzene rings is 1. The van der Waals surface area contributed by atoms with E-state index in [0.717, 1.165) is 22.3 Å². The van der Waals surface area contributed by atoms with E-state index in [1.54, 1.807) is 11.8 Å². The second-order valence-electron chi connectivity index (χ2n) is 4.84. The van der Waals surface area contributed by atoms with Crippen LogP contribution in [0.5, 0.6) is 0 Å². The average Bonchev–Trinajstić information content (AvgIpc) is 2.91. The minimum Gasteiger partial charge on any atom is -0.312 e. The smallest absolute Gasteiger partial charge is 0.170 e. The second kappa shape index (κ2) is 7.20. The highest BCUT2D eigenvalue weighted by Gasteiger charge is 2.14. The summed E-state index contributed by atoms with van der Waals surface area (Å²) in [6.45, 7) is 6.40. The van der Waals surface area contributed by atoms with Gasteiger partial charge in [0.2, 0.25) is 0 Å². The molecule has 2 aromatic rings. The van der Waals surface area contributed by atoms with Crippen LogP contribution in [0.4, 0.5) is 0 Å². The van der Waals surface area contributed by atoms with Crippen LogP contribution >= 0.6 is 23.3 Å². The lowest BCUT2D eigenvalue weighted by molar-refractivity contribution is 0.657. The largest absolute Gasteiger partial charge is 0.312 e. The molecule has 0 spiro atoms. The van der Waals surface area contributed by atoms with Crippen LogP contribution in [0.3, 0.4) is 0 Å². The number of hydrogen-bond acceptors (Lipinski definition) is 5. The molecule has 1 N–H and O–H groups in total. The lowest BCUT2D eigenvalue weighted by atomic mass is 10.0. The number of hydrogen-bond donors (Lipinski definition) is 1. The third kappa shape index (κ3) is 3.81. The SMILES string of the molecule is CCc1nsc(SCC(NC)c2cc(C)ccc2C)n1. The van der Waals surface area contributed by atoms with Crippen LogP contribution in [0.2, 0.25) is 0 Å². The molecule has 0 amide bonds. The topological polar surface area (TPSA) is 37.8 Å². The molecule has 2 rings (SSSR count). The van der Waals surface area contributed by atoms with Crippen molar-refractivity contribution >= 4 is 23.3 Å². The van der Waals surface area contributed by atoms with E-state index in [4.69, 9.17) is 0 Å². The van der Waals surface area contributed by atoms with Crippen molar-refractivity contribution in [3.63, 3.8) is 0 Å². The van der Waals surface area contributed by atoms with Crippen molar-refractivity contribution in [3.8, 4) is 0 Å². The summed E-state index contributed by atoms with van der Waals surface area (Å²) in [5.74, 6) is 1.92. The molecule has 0 aliphatic heterocycles. The molecule has 0 aliphatic rings. The Morgan fingerprint density at radius 1 is 1.35 bits per heavy atom. The van der Waals surface area contributed by atoms with Gasteiger partial charge in [0.05, 0.1) is 0 Å². The van der Waals surface area contributed by atoms with Gasteiger partial charge in [0.25, 0.3) is 0 Å². The maximum atomic E-state index is 4.51. The molecule has 0 bridgehead atoms. The molecule has 0 fully saturated rings. The zero-order chi connectivity index (χ0) is 14.5. The maximum absolute atomic E-state index is 4.51. The van der Waals surface area contributed by atoms with Gasteiger partial charge in [-0.25, -0.2) is 4.98 Å². The Morgan fingerprint density at radius 2 is 2.15 bits per heavy atom. The number of aromatic nitrogens is 2. The van der Waals surface area contributed by atoms with E-state index in [1.165, 1.54) is 28.2 Å². The van der Waals surface area contributed by atoms with Crippen molar-refractivity contribution < 1.29 is 0 Å². The molecule has 0 radical (unpaired) electrons. The highest BCUT2D eigenvalue weighted by Crippen LogP contribution is 2.28. The van der Waals surface area contributed by atoms with Crippen LogP contribution in [0.15, 0.2) is 22.5 Å². The van der Waals surface area contributed by atoms with Crippen molar-refractivity contribution in [2.24, 2.45) is 0 Å². The Labute approximate surface area is 129 Å². The summed E-state index contributed by atoms with van der Waals surface area (Å²) in [6.07, 6.45) is 0.906. The molecule has 1 unspecified atom stereocenters. The van der Waals surface area contributed by atoms with Crippen LogP contribution in [-0.4, -0.2) is 22.2 Å². The van der Waals surface area contributed by atoms with E-state index in [0.29, 0.717) is 6.04 Å². The second-order valence-corrected chi connectivity index (χ2v) is 6.86. The Balaban J connectivity index is 2.07. The van der Waals surface area contributed by atoms with Gasteiger partial charge in [0.15, 0.2) is 4.34 Å². The Hall–Kier alpha value is -0.910. The first-order valence-electron chi connectivity index (χ1n) is 6.83. The summed E-state index contributed by atoms with van der Waals surface area (Å²) in [7, 11) is 2.02. The van der Waals surface area contributed by atoms with Crippen molar-refractivity contribution in [1.29, 1.82) is 0 Å². The molecule has 0 saturated heterocycles. The van der Waals surface area contributed by atoms with Crippen molar-refractivity contribution in [3.05, 3.63) is 40.7 Å². The van der Waals surface area contributed by atoms with E-state index in [2.05, 4.69) is 53.6 Å². The van der Waals surface area contributed by atoms with E-state index in [-0.39, 0.29) is 0 Å². The van der Waals surface area contributed by atoms with Crippen LogP contribution in [-0.2, 0) is 6.42 Å². The van der Waals surface area contributed by atoms with E-state index >= 15 is 0 Å². The van der Waals surface area contributed by atoms with Crippen molar-refractivity contribution in [1.82, 2.24) is 14.7 Å². The summed E-state index contributed by atoms with van der Waals surface area (Å²) in [6, 6.07) is 6.97. The molecule has 108 valence electrons. The summed E-state index contributed by atoms with van der Waals surface area (Å²) in [4.78, 5) is 4.51. The predicted octanol–water partition coefficient (Wildman–Crippen LogP) is 3.77. The van der Waals surface area contributed by atoms with Gasteiger partial charge in [0.1, 0.15) is 5.82 Å². The average molecular weight is 307 g/mol. The number of aryl methyl sites for hydroxylation is 3. The third-order valence-electron chi connectivity index (χ3n) is 3.30. The van der Waals surface area contributed by atoms with Gasteiger partial charge in [-0.2, -0.15) is 4.37 Å². The van der Waals surface area contributed by atoms with E-state index in [1.807, 2.05) is 7.05 Å². The third-order valence-corrected chi connectivity index (χ3v) is 5.26. The Bertz CT molecular complexity index is 566. The molecule has 0 aliphatic carbocycles. The number of nitrogens with zero attached hydrogens (tertiary/aromatic N) is 2. The van der Waals surface area contributed by atoms with Gasteiger partial charge < -0.3 is 5.32 Å². The Kier molecular flexibility index (Phi) is 5.57. The first kappa shape index (κ1) is 15.5. The van der Waals surface area contributed by atoms with Crippen LogP contribution in [0, 0.1) is 13.8 Å². The highest BCUT2D eigenvalue weighted by molar-refractivity contribution is 8.00. The standard InChI is InChI=1S/C15H21N3S2/c1-5-14-17-15(20-18-14)19-9-13(16-4)12-8-10(2)6-7-11(12)3/h6-8,13,16H,5,9H2,1-4H3. The fraction of sp³-hybridized carbons (Fsp3) is 0.467. The van der Waals surface area contributed by atoms with Crippen molar-refractivity contribution in [2.45, 2.75) is 37.6 Å². The zero-order valence-electron chi connectivity index (χ0n) is 12.4. The maximum Gasteiger partial charge on any atom is 0.170 e. The molecule has 5 heteroatoms. The van der Waals surface area contributed by atoms with Gasteiger partial charge in [0, 0.05) is 18.2 Å². The molecule has 1 aromatic heterocycles. The molecule has 3 nitrogen and oxygen atoms in total. The fourth-order valence-corrected chi connectivity index (χ4v) is 3.91. The minimum absolute atomic E-state index is 0.342. The summed E-state index contributed by atoms with van der Waals surface area (Å²) in [5.41, 5.74) is 4.02. The molecule has 20 heavy (non-hydrogen) atoms. The normalized spacial score (nSPS) is 12.6. The highest BCUT2D eigenvalue weighted by atomic mass is 32.2. The molecule has 1 atom stereocenters. The van der Waals surface area contributed by atoms with Gasteiger partial charge in [-0.15, -0.1) is 0 Å². The number of thioether (sulfide) groups is 1. The summed E-state index contributed by atoms with van der Waals surface area (Å²) >= 11 is 3.28. The molecule has 0 saturated carbocycles. The Morgan fingerprint density at radius 3 is 2.80 bits per heavy atom. The lowest BCUT2D eigenvalue weighted by Crippen LogP contribution is -2.19. The quantitative estimate of drug-likeness (QED) is 0.824. The van der Waals surface area contributed by atoms with Gasteiger partial charge in [-0.3, -0.25) is 0 Å². The van der Waals surface area contributed by atoms with Crippen LogP contribution in [0.1, 0.15) is 35.5 Å². The van der Waals surface area contributed by atoms with E-state index < -0.39 is 0 Å².